The summed E-state index contributed by atoms with van der Waals surface area (Å²) in [4.78, 5) is 0. The van der Waals surface area contributed by atoms with E-state index in [0.29, 0.717) is 16.6 Å². The van der Waals surface area contributed by atoms with Crippen molar-refractivity contribution in [2.75, 3.05) is 7.11 Å². The van der Waals surface area contributed by atoms with Gasteiger partial charge in [0.05, 0.1) is 7.11 Å². The molecule has 2 nitrogen and oxygen atoms in total. The zero-order valence-corrected chi connectivity index (χ0v) is 12.4. The van der Waals surface area contributed by atoms with Crippen molar-refractivity contribution in [3.63, 3.8) is 0 Å². The number of rotatable bonds is 5. The van der Waals surface area contributed by atoms with Crippen LogP contribution >= 0.6 is 15.9 Å². The van der Waals surface area contributed by atoms with E-state index in [-0.39, 0.29) is 6.61 Å². The highest BCUT2D eigenvalue weighted by Gasteiger charge is 2.08. The summed E-state index contributed by atoms with van der Waals surface area (Å²) in [5.41, 5.74) is 1.20. The van der Waals surface area contributed by atoms with Crippen LogP contribution < -0.4 is 9.47 Å². The molecule has 2 rings (SSSR count). The van der Waals surface area contributed by atoms with Crippen LogP contribution in [0, 0.1) is 11.6 Å². The summed E-state index contributed by atoms with van der Waals surface area (Å²) in [6.45, 7) is 0.0401. The third kappa shape index (κ3) is 3.48. The molecule has 0 aliphatic rings. The fraction of sp³-hybridized carbons (Fsp3) is 0.200. The summed E-state index contributed by atoms with van der Waals surface area (Å²) in [5.74, 6) is 0.141. The Morgan fingerprint density at radius 2 is 1.85 bits per heavy atom. The topological polar surface area (TPSA) is 18.5 Å². The van der Waals surface area contributed by atoms with E-state index in [1.165, 1.54) is 12.1 Å². The van der Waals surface area contributed by atoms with E-state index in [1.807, 2.05) is 6.07 Å². The third-order valence-electron chi connectivity index (χ3n) is 2.81. The number of hydrogen-bond acceptors (Lipinski definition) is 2. The Bertz CT molecular complexity index is 602. The third-order valence-corrected chi connectivity index (χ3v) is 3.41. The van der Waals surface area contributed by atoms with Crippen molar-refractivity contribution in [3.8, 4) is 11.5 Å². The first-order chi connectivity index (χ1) is 9.63. The maximum Gasteiger partial charge on any atom is 0.132 e. The van der Waals surface area contributed by atoms with Gasteiger partial charge in [0, 0.05) is 22.5 Å². The first-order valence-corrected chi connectivity index (χ1v) is 7.06. The average molecular weight is 343 g/mol. The average Bonchev–Trinajstić information content (AvgIpc) is 2.46. The molecule has 0 unspecified atom stereocenters. The molecule has 0 spiro atoms. The highest BCUT2D eigenvalue weighted by molar-refractivity contribution is 9.08. The van der Waals surface area contributed by atoms with Gasteiger partial charge in [0.2, 0.25) is 0 Å². The van der Waals surface area contributed by atoms with Gasteiger partial charge in [0.1, 0.15) is 29.7 Å². The molecule has 0 saturated carbocycles. The molecule has 0 aliphatic carbocycles. The van der Waals surface area contributed by atoms with E-state index in [2.05, 4.69) is 15.9 Å². The van der Waals surface area contributed by atoms with Crippen LogP contribution in [0.4, 0.5) is 8.78 Å². The molecule has 0 aromatic heterocycles. The molecule has 0 fully saturated rings. The van der Waals surface area contributed by atoms with Gasteiger partial charge in [-0.1, -0.05) is 15.9 Å². The van der Waals surface area contributed by atoms with Gasteiger partial charge in [-0.25, -0.2) is 8.78 Å². The van der Waals surface area contributed by atoms with Crippen LogP contribution in [0.5, 0.6) is 11.5 Å². The molecule has 2 aromatic carbocycles. The number of benzene rings is 2. The molecule has 0 saturated heterocycles. The zero-order valence-electron chi connectivity index (χ0n) is 10.8. The fourth-order valence-corrected chi connectivity index (χ4v) is 2.16. The first kappa shape index (κ1) is 14.8. The molecule has 0 heterocycles. The van der Waals surface area contributed by atoms with Crippen LogP contribution in [0.15, 0.2) is 36.4 Å². The van der Waals surface area contributed by atoms with Crippen molar-refractivity contribution in [3.05, 3.63) is 59.2 Å². The van der Waals surface area contributed by atoms with Crippen molar-refractivity contribution in [1.82, 2.24) is 0 Å². The Hall–Kier alpha value is -1.62. The molecule has 2 aromatic rings. The Morgan fingerprint density at radius 3 is 2.50 bits per heavy atom. The van der Waals surface area contributed by atoms with Crippen LogP contribution in [0.25, 0.3) is 0 Å². The highest BCUT2D eigenvalue weighted by atomic mass is 79.9. The molecule has 0 radical (unpaired) electrons. The lowest BCUT2D eigenvalue weighted by atomic mass is 10.2. The van der Waals surface area contributed by atoms with Gasteiger partial charge in [-0.2, -0.15) is 0 Å². The SMILES string of the molecule is COc1ccc(OCc2ccc(F)cc2F)c(CBr)c1. The van der Waals surface area contributed by atoms with E-state index in [9.17, 15) is 8.78 Å². The Balaban J connectivity index is 2.14. The van der Waals surface area contributed by atoms with E-state index >= 15 is 0 Å². The van der Waals surface area contributed by atoms with E-state index < -0.39 is 11.6 Å². The second kappa shape index (κ2) is 6.70. The number of alkyl halides is 1. The van der Waals surface area contributed by atoms with Gasteiger partial charge >= 0.3 is 0 Å². The number of ether oxygens (including phenoxy) is 2. The standard InChI is InChI=1S/C15H13BrF2O2/c1-19-13-4-5-15(11(6-13)8-16)20-9-10-2-3-12(17)7-14(10)18/h2-7H,8-9H2,1H3. The molecule has 20 heavy (non-hydrogen) atoms. The van der Waals surface area contributed by atoms with Gasteiger partial charge in [-0.15, -0.1) is 0 Å². The minimum Gasteiger partial charge on any atom is -0.497 e. The van der Waals surface area contributed by atoms with Gasteiger partial charge in [0.25, 0.3) is 0 Å². The molecule has 5 heteroatoms. The summed E-state index contributed by atoms with van der Waals surface area (Å²) in [6, 6.07) is 8.80. The molecular formula is C15H13BrF2O2. The quantitative estimate of drug-likeness (QED) is 0.747. The predicted molar refractivity (Wildman–Crippen MR) is 76.3 cm³/mol. The highest BCUT2D eigenvalue weighted by Crippen LogP contribution is 2.27. The normalized spacial score (nSPS) is 10.4. The first-order valence-electron chi connectivity index (χ1n) is 5.93. The molecule has 0 bridgehead atoms. The Kier molecular flexibility index (Phi) is 4.95. The van der Waals surface area contributed by atoms with E-state index in [4.69, 9.17) is 9.47 Å². The molecule has 0 atom stereocenters. The van der Waals surface area contributed by atoms with Crippen molar-refractivity contribution >= 4 is 15.9 Å². The largest absolute Gasteiger partial charge is 0.497 e. The van der Waals surface area contributed by atoms with Gasteiger partial charge in [0.15, 0.2) is 0 Å². The zero-order chi connectivity index (χ0) is 14.5. The lowest BCUT2D eigenvalue weighted by Gasteiger charge is -2.12. The summed E-state index contributed by atoms with van der Waals surface area (Å²) in [6.07, 6.45) is 0. The predicted octanol–water partition coefficient (Wildman–Crippen LogP) is 4.45. The van der Waals surface area contributed by atoms with Gasteiger partial charge in [-0.05, 0) is 30.3 Å². The van der Waals surface area contributed by atoms with Crippen molar-refractivity contribution in [2.45, 2.75) is 11.9 Å². The van der Waals surface area contributed by atoms with Gasteiger partial charge in [-0.3, -0.25) is 0 Å². The lowest BCUT2D eigenvalue weighted by Crippen LogP contribution is -2.01. The minimum absolute atomic E-state index is 0.0401. The monoisotopic (exact) mass is 342 g/mol. The second-order valence-electron chi connectivity index (χ2n) is 4.13. The Morgan fingerprint density at radius 1 is 1.05 bits per heavy atom. The molecule has 106 valence electrons. The Labute approximate surface area is 124 Å². The molecule has 0 amide bonds. The number of hydrogen-bond donors (Lipinski definition) is 0. The fourth-order valence-electron chi connectivity index (χ4n) is 1.72. The summed E-state index contributed by atoms with van der Waals surface area (Å²) >= 11 is 3.36. The van der Waals surface area contributed by atoms with Crippen molar-refractivity contribution in [2.24, 2.45) is 0 Å². The molecule has 0 N–H and O–H groups in total. The van der Waals surface area contributed by atoms with Crippen LogP contribution in [0.3, 0.4) is 0 Å². The number of methoxy groups -OCH3 is 1. The maximum absolute atomic E-state index is 13.5. The van der Waals surface area contributed by atoms with E-state index in [0.717, 1.165) is 17.4 Å². The van der Waals surface area contributed by atoms with Crippen molar-refractivity contribution < 1.29 is 18.3 Å². The van der Waals surface area contributed by atoms with Gasteiger partial charge < -0.3 is 9.47 Å². The van der Waals surface area contributed by atoms with Crippen LogP contribution in [0.1, 0.15) is 11.1 Å². The van der Waals surface area contributed by atoms with Crippen LogP contribution in [-0.4, -0.2) is 7.11 Å². The summed E-state index contributed by atoms with van der Waals surface area (Å²) in [5, 5.41) is 0.589. The maximum atomic E-state index is 13.5. The van der Waals surface area contributed by atoms with Crippen LogP contribution in [0.2, 0.25) is 0 Å². The van der Waals surface area contributed by atoms with E-state index in [1.54, 1.807) is 19.2 Å². The minimum atomic E-state index is -0.612. The smallest absolute Gasteiger partial charge is 0.132 e. The van der Waals surface area contributed by atoms with Crippen LogP contribution in [-0.2, 0) is 11.9 Å². The summed E-state index contributed by atoms with van der Waals surface area (Å²) in [7, 11) is 1.59. The lowest BCUT2D eigenvalue weighted by molar-refractivity contribution is 0.296. The molecular weight excluding hydrogens is 330 g/mol. The summed E-state index contributed by atoms with van der Waals surface area (Å²) < 4.78 is 37.0. The second-order valence-corrected chi connectivity index (χ2v) is 4.69. The molecule has 0 aliphatic heterocycles. The number of halogens is 3. The van der Waals surface area contributed by atoms with Crippen molar-refractivity contribution in [1.29, 1.82) is 0 Å².